The number of nitrogens with zero attached hydrogens (tertiary/aromatic N) is 2. The summed E-state index contributed by atoms with van der Waals surface area (Å²) in [6, 6.07) is 5.08. The smallest absolute Gasteiger partial charge is 0.395 e. The first kappa shape index (κ1) is 21.5. The number of nitrogens with one attached hydrogen (secondary N) is 1. The lowest BCUT2D eigenvalue weighted by Gasteiger charge is -2.44. The van der Waals surface area contributed by atoms with Crippen LogP contribution in [0.1, 0.15) is 31.0 Å². The lowest BCUT2D eigenvalue weighted by Crippen LogP contribution is -2.68. The van der Waals surface area contributed by atoms with Crippen LogP contribution in [0.25, 0.3) is 0 Å². The van der Waals surface area contributed by atoms with Crippen LogP contribution >= 0.6 is 0 Å². The number of nitrogens with two attached hydrogens (primary N) is 1. The van der Waals surface area contributed by atoms with E-state index in [0.29, 0.717) is 11.4 Å². The second kappa shape index (κ2) is 7.74. The van der Waals surface area contributed by atoms with Gasteiger partial charge >= 0.3 is 12.3 Å². The Morgan fingerprint density at radius 3 is 2.66 bits per heavy atom. The van der Waals surface area contributed by atoms with Gasteiger partial charge in [0.25, 0.3) is 0 Å². The van der Waals surface area contributed by atoms with E-state index in [1.54, 1.807) is 19.1 Å². The summed E-state index contributed by atoms with van der Waals surface area (Å²) in [6.45, 7) is 2.92. The van der Waals surface area contributed by atoms with Gasteiger partial charge in [0, 0.05) is 6.20 Å². The number of β-lactam (4-membered cyclic amide) rings is 1. The summed E-state index contributed by atoms with van der Waals surface area (Å²) >= 11 is 0. The van der Waals surface area contributed by atoms with Gasteiger partial charge in [0.05, 0.1) is 12.0 Å². The summed E-state index contributed by atoms with van der Waals surface area (Å²) in [5, 5.41) is 2.62. The fourth-order valence-corrected chi connectivity index (χ4v) is 3.89. The van der Waals surface area contributed by atoms with Crippen LogP contribution in [-0.2, 0) is 16.0 Å². The number of carbonyl (C=O) groups is 3. The number of likely N-dealkylation sites (tertiary alicyclic amines) is 1. The highest BCUT2D eigenvalue weighted by Gasteiger charge is 2.53. The molecule has 1 aromatic heterocycles. The third-order valence-corrected chi connectivity index (χ3v) is 5.42. The third-order valence-electron chi connectivity index (χ3n) is 5.42. The number of ketones is 1. The second-order valence-electron chi connectivity index (χ2n) is 7.71. The first-order chi connectivity index (χ1) is 15.1. The molecule has 11 heteroatoms. The number of ether oxygens (including phenoxy) is 2. The van der Waals surface area contributed by atoms with Crippen LogP contribution in [-0.4, -0.2) is 39.9 Å². The predicted octanol–water partition coefficient (Wildman–Crippen LogP) is 2.41. The Morgan fingerprint density at radius 2 is 1.97 bits per heavy atom. The van der Waals surface area contributed by atoms with Crippen LogP contribution in [0.5, 0.6) is 11.5 Å². The molecule has 4 rings (SSSR count). The largest absolute Gasteiger partial charge is 0.586 e. The van der Waals surface area contributed by atoms with Gasteiger partial charge in [-0.2, -0.15) is 0 Å². The number of nitrogen functional groups attached to an aromatic ring is 1. The van der Waals surface area contributed by atoms with Crippen molar-refractivity contribution in [3.63, 3.8) is 0 Å². The van der Waals surface area contributed by atoms with Gasteiger partial charge in [0.15, 0.2) is 17.3 Å². The zero-order valence-electron chi connectivity index (χ0n) is 17.2. The summed E-state index contributed by atoms with van der Waals surface area (Å²) in [5.74, 6) is -1.50. The maximum absolute atomic E-state index is 13.2. The molecule has 0 bridgehead atoms. The molecule has 32 heavy (non-hydrogen) atoms. The zero-order chi connectivity index (χ0) is 23.2. The van der Waals surface area contributed by atoms with Crippen molar-refractivity contribution < 1.29 is 32.6 Å². The molecule has 3 atom stereocenters. The molecule has 0 spiro atoms. The molecule has 2 aliphatic heterocycles. The van der Waals surface area contributed by atoms with Gasteiger partial charge in [0.1, 0.15) is 11.9 Å². The number of alkyl halides is 2. The van der Waals surface area contributed by atoms with Crippen LogP contribution in [0.4, 0.5) is 19.4 Å². The molecule has 168 valence electrons. The van der Waals surface area contributed by atoms with Gasteiger partial charge in [-0.15, -0.1) is 8.78 Å². The number of amides is 3. The molecule has 0 saturated carbocycles. The maximum Gasteiger partial charge on any atom is 0.586 e. The summed E-state index contributed by atoms with van der Waals surface area (Å²) in [7, 11) is 0. The Morgan fingerprint density at radius 1 is 1.25 bits per heavy atom. The summed E-state index contributed by atoms with van der Waals surface area (Å²) in [4.78, 5) is 42.4. The van der Waals surface area contributed by atoms with Gasteiger partial charge in [-0.1, -0.05) is 6.07 Å². The van der Waals surface area contributed by atoms with Gasteiger partial charge in [-0.25, -0.2) is 9.78 Å². The highest BCUT2D eigenvalue weighted by Crippen LogP contribution is 2.42. The molecule has 2 aromatic rings. The number of rotatable bonds is 5. The summed E-state index contributed by atoms with van der Waals surface area (Å²) in [5.41, 5.74) is 6.84. The average Bonchev–Trinajstić information content (AvgIpc) is 3.02. The number of halogens is 2. The maximum atomic E-state index is 13.2. The number of anilines is 1. The minimum absolute atomic E-state index is 0.119. The molecule has 0 aliphatic carbocycles. The Labute approximate surface area is 181 Å². The van der Waals surface area contributed by atoms with E-state index in [0.717, 1.165) is 10.5 Å². The van der Waals surface area contributed by atoms with E-state index >= 15 is 0 Å². The quantitative estimate of drug-likeness (QED) is 0.676. The van der Waals surface area contributed by atoms with E-state index in [9.17, 15) is 23.2 Å². The zero-order valence-corrected chi connectivity index (χ0v) is 17.2. The Bertz CT molecular complexity index is 1110. The van der Waals surface area contributed by atoms with Crippen LogP contribution < -0.4 is 20.5 Å². The second-order valence-corrected chi connectivity index (χ2v) is 7.71. The Kier molecular flexibility index (Phi) is 5.19. The summed E-state index contributed by atoms with van der Waals surface area (Å²) in [6.07, 6.45) is -2.00. The predicted molar refractivity (Wildman–Crippen MR) is 107 cm³/mol. The highest BCUT2D eigenvalue weighted by molar-refractivity contribution is 6.09. The minimum Gasteiger partial charge on any atom is -0.395 e. The number of benzene rings is 1. The molecular weight excluding hydrogens is 426 g/mol. The number of Topliss-reactive ketones (excluding diaryl/α,β-unsaturated/α-hetero) is 1. The number of pyridine rings is 1. The lowest BCUT2D eigenvalue weighted by molar-refractivity contribution is -0.286. The number of hydrogen-bond acceptors (Lipinski definition) is 7. The Balaban J connectivity index is 1.45. The van der Waals surface area contributed by atoms with Crippen LogP contribution in [0.15, 0.2) is 36.5 Å². The molecule has 3 amide bonds. The van der Waals surface area contributed by atoms with Crippen molar-refractivity contribution in [2.45, 2.75) is 38.6 Å². The van der Waals surface area contributed by atoms with Crippen molar-refractivity contribution in [3.8, 4) is 11.5 Å². The fraction of sp³-hybridized carbons (Fsp3) is 0.333. The van der Waals surface area contributed by atoms with Crippen LogP contribution in [0.3, 0.4) is 0 Å². The molecule has 2 aliphatic rings. The van der Waals surface area contributed by atoms with Crippen LogP contribution in [0, 0.1) is 5.92 Å². The number of hydrogen-bond donors (Lipinski definition) is 2. The standard InChI is InChI=1S/C21H20F2N4O5/c1-10(13-3-4-15-16(9-13)32-21(22,23)31-15)26-20(30)27-18(11(2)28)14(19(27)29)7-12-5-6-25-17(24)8-12/h3-6,8-10,14,18H,7H2,1-2H3,(H2,24,25)(H,26,30)/t10-,14+,18+/m0/s1. The molecular formula is C21H20F2N4O5. The van der Waals surface area contributed by atoms with Crippen molar-refractivity contribution >= 4 is 23.5 Å². The first-order valence-electron chi connectivity index (χ1n) is 9.80. The number of urea groups is 1. The van der Waals surface area contributed by atoms with E-state index < -0.39 is 36.2 Å². The molecule has 3 heterocycles. The topological polar surface area (TPSA) is 124 Å². The molecule has 0 unspecified atom stereocenters. The van der Waals surface area contributed by atoms with E-state index in [2.05, 4.69) is 19.8 Å². The van der Waals surface area contributed by atoms with Crippen LogP contribution in [0.2, 0.25) is 0 Å². The molecule has 1 aromatic carbocycles. The Hall–Kier alpha value is -3.76. The molecule has 9 nitrogen and oxygen atoms in total. The van der Waals surface area contributed by atoms with E-state index in [1.807, 2.05) is 0 Å². The SMILES string of the molecule is CC(=O)[C@@H]1[C@@H](Cc2ccnc(N)c2)C(=O)N1C(=O)N[C@@H](C)c1ccc2c(c1)OC(F)(F)O2. The number of imide groups is 1. The molecule has 1 fully saturated rings. The average molecular weight is 446 g/mol. The minimum atomic E-state index is -3.75. The molecule has 1 saturated heterocycles. The van der Waals surface area contributed by atoms with Crippen molar-refractivity contribution in [2.75, 3.05) is 5.73 Å². The van der Waals surface area contributed by atoms with E-state index in [1.165, 1.54) is 31.3 Å². The molecule has 0 radical (unpaired) electrons. The van der Waals surface area contributed by atoms with Gasteiger partial charge in [-0.05, 0) is 55.7 Å². The van der Waals surface area contributed by atoms with Gasteiger partial charge in [-0.3, -0.25) is 14.5 Å². The van der Waals surface area contributed by atoms with Crippen molar-refractivity contribution in [1.29, 1.82) is 0 Å². The van der Waals surface area contributed by atoms with E-state index in [4.69, 9.17) is 5.73 Å². The number of carbonyl (C=O) groups excluding carboxylic acids is 3. The number of aromatic nitrogens is 1. The van der Waals surface area contributed by atoms with E-state index in [-0.39, 0.29) is 23.7 Å². The van der Waals surface area contributed by atoms with Crippen molar-refractivity contribution in [2.24, 2.45) is 5.92 Å². The summed E-state index contributed by atoms with van der Waals surface area (Å²) < 4.78 is 35.2. The van der Waals surface area contributed by atoms with Crippen molar-refractivity contribution in [1.82, 2.24) is 15.2 Å². The first-order valence-corrected chi connectivity index (χ1v) is 9.80. The number of fused-ring (bicyclic) bond motifs is 1. The molecule has 3 N–H and O–H groups in total. The third kappa shape index (κ3) is 3.93. The van der Waals surface area contributed by atoms with Gasteiger partial charge < -0.3 is 20.5 Å². The lowest BCUT2D eigenvalue weighted by atomic mass is 9.80. The van der Waals surface area contributed by atoms with Crippen molar-refractivity contribution in [3.05, 3.63) is 47.7 Å². The monoisotopic (exact) mass is 446 g/mol. The van der Waals surface area contributed by atoms with Gasteiger partial charge in [0.2, 0.25) is 5.91 Å². The highest BCUT2D eigenvalue weighted by atomic mass is 19.3. The fourth-order valence-electron chi connectivity index (χ4n) is 3.89. The normalized spacial score (nSPS) is 21.6.